The van der Waals surface area contributed by atoms with Crippen LogP contribution in [0, 0.1) is 6.92 Å². The van der Waals surface area contributed by atoms with Gasteiger partial charge in [-0.15, -0.1) is 0 Å². The van der Waals surface area contributed by atoms with Crippen molar-refractivity contribution in [2.75, 3.05) is 11.9 Å². The molecular formula is C25H24N4O3. The van der Waals surface area contributed by atoms with E-state index in [9.17, 15) is 4.79 Å². The molecule has 2 heterocycles. The predicted octanol–water partition coefficient (Wildman–Crippen LogP) is 4.64. The Labute approximate surface area is 186 Å². The van der Waals surface area contributed by atoms with Crippen LogP contribution in [0.5, 0.6) is 17.2 Å². The fraction of sp³-hybridized carbons (Fsp3) is 0.160. The minimum absolute atomic E-state index is 0.109. The van der Waals surface area contributed by atoms with Crippen molar-refractivity contribution in [2.45, 2.75) is 19.9 Å². The third-order valence-corrected chi connectivity index (χ3v) is 4.74. The van der Waals surface area contributed by atoms with Crippen LogP contribution in [0.4, 0.5) is 5.82 Å². The first-order valence-corrected chi connectivity index (χ1v) is 10.3. The molecule has 0 saturated heterocycles. The average Bonchev–Trinajstić information content (AvgIpc) is 3.26. The number of pyridine rings is 1. The van der Waals surface area contributed by atoms with E-state index in [0.717, 1.165) is 12.2 Å². The fourth-order valence-electron chi connectivity index (χ4n) is 3.02. The van der Waals surface area contributed by atoms with Crippen LogP contribution < -0.4 is 14.8 Å². The lowest BCUT2D eigenvalue weighted by molar-refractivity contribution is -0.118. The number of carbonyl (C=O) groups excluding carboxylic acids is 1. The van der Waals surface area contributed by atoms with Crippen molar-refractivity contribution in [1.82, 2.24) is 14.8 Å². The van der Waals surface area contributed by atoms with Gasteiger partial charge in [0, 0.05) is 31.2 Å². The van der Waals surface area contributed by atoms with Gasteiger partial charge in [-0.25, -0.2) is 0 Å². The van der Waals surface area contributed by atoms with Gasteiger partial charge >= 0.3 is 0 Å². The highest BCUT2D eigenvalue weighted by atomic mass is 16.5. The second-order valence-corrected chi connectivity index (χ2v) is 7.29. The number of hydrogen-bond acceptors (Lipinski definition) is 5. The van der Waals surface area contributed by atoms with E-state index in [-0.39, 0.29) is 12.5 Å². The molecule has 32 heavy (non-hydrogen) atoms. The Morgan fingerprint density at radius 3 is 2.28 bits per heavy atom. The second kappa shape index (κ2) is 10.3. The third-order valence-electron chi connectivity index (χ3n) is 4.74. The van der Waals surface area contributed by atoms with Gasteiger partial charge in [-0.05, 0) is 67.4 Å². The molecule has 0 bridgehead atoms. The fourth-order valence-corrected chi connectivity index (χ4v) is 3.02. The lowest BCUT2D eigenvalue weighted by Crippen LogP contribution is -2.20. The van der Waals surface area contributed by atoms with Gasteiger partial charge in [0.05, 0.1) is 0 Å². The number of anilines is 1. The Balaban J connectivity index is 1.21. The maximum Gasteiger partial charge on any atom is 0.263 e. The number of rotatable bonds is 9. The topological polar surface area (TPSA) is 78.3 Å². The van der Waals surface area contributed by atoms with Crippen molar-refractivity contribution in [2.24, 2.45) is 0 Å². The van der Waals surface area contributed by atoms with Crippen molar-refractivity contribution >= 4 is 11.7 Å². The summed E-state index contributed by atoms with van der Waals surface area (Å²) in [6.07, 6.45) is 6.22. The van der Waals surface area contributed by atoms with Crippen LogP contribution >= 0.6 is 0 Å². The first kappa shape index (κ1) is 21.1. The smallest absolute Gasteiger partial charge is 0.263 e. The molecule has 0 spiro atoms. The molecule has 0 aliphatic heterocycles. The Hall–Kier alpha value is -4.13. The normalized spacial score (nSPS) is 10.5. The first-order chi connectivity index (χ1) is 15.6. The van der Waals surface area contributed by atoms with Crippen LogP contribution in [0.3, 0.4) is 0 Å². The van der Waals surface area contributed by atoms with Crippen molar-refractivity contribution in [1.29, 1.82) is 0 Å². The van der Waals surface area contributed by atoms with Gasteiger partial charge in [-0.2, -0.15) is 5.10 Å². The molecule has 7 heteroatoms. The molecule has 7 nitrogen and oxygen atoms in total. The average molecular weight is 428 g/mol. The molecule has 0 radical (unpaired) electrons. The first-order valence-electron chi connectivity index (χ1n) is 10.3. The highest BCUT2D eigenvalue weighted by molar-refractivity contribution is 5.90. The summed E-state index contributed by atoms with van der Waals surface area (Å²) in [5.74, 6) is 2.27. The molecule has 2 aromatic heterocycles. The number of nitrogens with one attached hydrogen (secondary N) is 1. The number of ether oxygens (including phenoxy) is 2. The molecule has 2 aromatic carbocycles. The zero-order valence-corrected chi connectivity index (χ0v) is 17.8. The van der Waals surface area contributed by atoms with Gasteiger partial charge < -0.3 is 14.8 Å². The molecule has 4 aromatic rings. The van der Waals surface area contributed by atoms with Crippen molar-refractivity contribution in [3.8, 4) is 17.2 Å². The zero-order chi connectivity index (χ0) is 22.2. The molecule has 162 valence electrons. The Kier molecular flexibility index (Phi) is 6.77. The number of benzene rings is 2. The molecule has 0 aliphatic carbocycles. The van der Waals surface area contributed by atoms with Crippen molar-refractivity contribution in [3.05, 3.63) is 96.4 Å². The summed E-state index contributed by atoms with van der Waals surface area (Å²) >= 11 is 0. The summed E-state index contributed by atoms with van der Waals surface area (Å²) in [7, 11) is 0. The monoisotopic (exact) mass is 428 g/mol. The van der Waals surface area contributed by atoms with Crippen LogP contribution in [-0.4, -0.2) is 27.3 Å². The van der Waals surface area contributed by atoms with E-state index in [1.54, 1.807) is 47.4 Å². The van der Waals surface area contributed by atoms with Gasteiger partial charge in [-0.1, -0.05) is 17.7 Å². The van der Waals surface area contributed by atoms with Crippen LogP contribution in [0.25, 0.3) is 0 Å². The number of amides is 1. The SMILES string of the molecule is Cc1ccc(Oc2ccc(OCC(=O)Nc3ccn(CCc4ccncc4)n3)cc2)cc1. The zero-order valence-electron chi connectivity index (χ0n) is 17.8. The molecule has 4 rings (SSSR count). The lowest BCUT2D eigenvalue weighted by Gasteiger charge is -2.08. The molecule has 0 unspecified atom stereocenters. The summed E-state index contributed by atoms with van der Waals surface area (Å²) < 4.78 is 13.2. The summed E-state index contributed by atoms with van der Waals surface area (Å²) in [5, 5.41) is 7.12. The Bertz CT molecular complexity index is 1140. The minimum atomic E-state index is -0.274. The highest BCUT2D eigenvalue weighted by Gasteiger charge is 2.07. The van der Waals surface area contributed by atoms with Gasteiger partial charge in [0.25, 0.3) is 5.91 Å². The number of nitrogens with zero attached hydrogens (tertiary/aromatic N) is 3. The van der Waals surface area contributed by atoms with Crippen molar-refractivity contribution < 1.29 is 14.3 Å². The van der Waals surface area contributed by atoms with E-state index in [1.807, 2.05) is 49.5 Å². The summed E-state index contributed by atoms with van der Waals surface area (Å²) in [6.45, 7) is 2.64. The van der Waals surface area contributed by atoms with E-state index in [0.29, 0.717) is 23.9 Å². The van der Waals surface area contributed by atoms with E-state index in [4.69, 9.17) is 9.47 Å². The molecule has 0 saturated carbocycles. The summed E-state index contributed by atoms with van der Waals surface area (Å²) in [5.41, 5.74) is 2.36. The van der Waals surface area contributed by atoms with E-state index >= 15 is 0 Å². The highest BCUT2D eigenvalue weighted by Crippen LogP contribution is 2.24. The standard InChI is InChI=1S/C25H24N4O3/c1-19-2-4-22(5-3-19)32-23-8-6-21(7-9-23)31-18-25(30)27-24-13-17-29(28-24)16-12-20-10-14-26-15-11-20/h2-11,13-15,17H,12,16,18H2,1H3,(H,27,28,30). The van der Waals surface area contributed by atoms with E-state index in [1.165, 1.54) is 11.1 Å². The number of carbonyl (C=O) groups is 1. The summed E-state index contributed by atoms with van der Waals surface area (Å²) in [4.78, 5) is 16.2. The molecule has 0 fully saturated rings. The molecule has 0 aliphatic rings. The third kappa shape index (κ3) is 6.18. The number of aryl methyl sites for hydroxylation is 3. The molecule has 0 atom stereocenters. The largest absolute Gasteiger partial charge is 0.484 e. The van der Waals surface area contributed by atoms with E-state index < -0.39 is 0 Å². The van der Waals surface area contributed by atoms with E-state index in [2.05, 4.69) is 15.4 Å². The predicted molar refractivity (Wildman–Crippen MR) is 122 cm³/mol. The number of aromatic nitrogens is 3. The maximum atomic E-state index is 12.2. The van der Waals surface area contributed by atoms with Gasteiger partial charge in [0.15, 0.2) is 12.4 Å². The van der Waals surface area contributed by atoms with Crippen LogP contribution in [0.2, 0.25) is 0 Å². The van der Waals surface area contributed by atoms with Gasteiger partial charge in [-0.3, -0.25) is 14.5 Å². The molecule has 1 N–H and O–H groups in total. The minimum Gasteiger partial charge on any atom is -0.484 e. The van der Waals surface area contributed by atoms with Gasteiger partial charge in [0.1, 0.15) is 17.2 Å². The lowest BCUT2D eigenvalue weighted by atomic mass is 10.2. The van der Waals surface area contributed by atoms with Crippen LogP contribution in [0.1, 0.15) is 11.1 Å². The molecular weight excluding hydrogens is 404 g/mol. The Morgan fingerprint density at radius 1 is 0.906 bits per heavy atom. The second-order valence-electron chi connectivity index (χ2n) is 7.29. The number of hydrogen-bond donors (Lipinski definition) is 1. The van der Waals surface area contributed by atoms with Crippen LogP contribution in [-0.2, 0) is 17.8 Å². The quantitative estimate of drug-likeness (QED) is 0.420. The van der Waals surface area contributed by atoms with Crippen molar-refractivity contribution in [3.63, 3.8) is 0 Å². The maximum absolute atomic E-state index is 12.2. The molecule has 1 amide bonds. The Morgan fingerprint density at radius 2 is 1.56 bits per heavy atom. The van der Waals surface area contributed by atoms with Gasteiger partial charge in [0.2, 0.25) is 0 Å². The summed E-state index contributed by atoms with van der Waals surface area (Å²) in [6, 6.07) is 20.7. The van der Waals surface area contributed by atoms with Crippen LogP contribution in [0.15, 0.2) is 85.3 Å².